The molecule has 1 aromatic carbocycles. The molecule has 98 valence electrons. The first kappa shape index (κ1) is 14.0. The van der Waals surface area contributed by atoms with E-state index in [1.54, 1.807) is 11.8 Å². The molecule has 2 nitrogen and oxygen atoms in total. The lowest BCUT2D eigenvalue weighted by molar-refractivity contribution is -0.130. The van der Waals surface area contributed by atoms with Crippen LogP contribution in [0.5, 0.6) is 0 Å². The van der Waals surface area contributed by atoms with E-state index in [9.17, 15) is 4.79 Å². The minimum absolute atomic E-state index is 0.107. The Morgan fingerprint density at radius 1 is 1.39 bits per heavy atom. The van der Waals surface area contributed by atoms with Crippen molar-refractivity contribution in [2.24, 2.45) is 5.92 Å². The number of hydrogen-bond donors (Lipinski definition) is 0. The molecule has 1 aliphatic rings. The Kier molecular flexibility index (Phi) is 4.10. The molecule has 1 amide bonds. The normalized spacial score (nSPS) is 28.2. The molecule has 0 aliphatic carbocycles. The van der Waals surface area contributed by atoms with Gasteiger partial charge in [0.15, 0.2) is 0 Å². The molecule has 0 N–H and O–H groups in total. The van der Waals surface area contributed by atoms with Crippen molar-refractivity contribution in [2.45, 2.75) is 23.2 Å². The maximum absolute atomic E-state index is 12.2. The lowest BCUT2D eigenvalue weighted by Crippen LogP contribution is -2.36. The topological polar surface area (TPSA) is 20.3 Å². The Bertz CT molecular complexity index is 433. The molecule has 5 heteroatoms. The summed E-state index contributed by atoms with van der Waals surface area (Å²) in [7, 11) is 0. The molecule has 1 fully saturated rings. The van der Waals surface area contributed by atoms with E-state index in [1.807, 2.05) is 30.3 Å². The Balaban J connectivity index is 2.15. The van der Waals surface area contributed by atoms with Crippen LogP contribution in [0.25, 0.3) is 0 Å². The van der Waals surface area contributed by atoms with Gasteiger partial charge in [-0.3, -0.25) is 4.79 Å². The highest BCUT2D eigenvalue weighted by atomic mass is 35.5. The van der Waals surface area contributed by atoms with Crippen molar-refractivity contribution in [3.8, 4) is 0 Å². The molecule has 0 radical (unpaired) electrons. The Morgan fingerprint density at radius 3 is 2.50 bits per heavy atom. The molecule has 0 bridgehead atoms. The van der Waals surface area contributed by atoms with Gasteiger partial charge < -0.3 is 4.90 Å². The highest BCUT2D eigenvalue weighted by Crippen LogP contribution is 2.40. The second-order valence-electron chi connectivity index (χ2n) is 4.69. The van der Waals surface area contributed by atoms with Crippen molar-refractivity contribution >= 4 is 40.7 Å². The summed E-state index contributed by atoms with van der Waals surface area (Å²) in [6.45, 7) is 2.72. The van der Waals surface area contributed by atoms with Gasteiger partial charge in [0.2, 0.25) is 5.91 Å². The Morgan fingerprint density at radius 2 is 2.00 bits per heavy atom. The molecule has 2 atom stereocenters. The first-order chi connectivity index (χ1) is 8.43. The van der Waals surface area contributed by atoms with Gasteiger partial charge in [-0.25, -0.2) is 0 Å². The second-order valence-corrected chi connectivity index (χ2v) is 6.64. The molecule has 0 spiro atoms. The molecule has 1 aliphatic heterocycles. The summed E-state index contributed by atoms with van der Waals surface area (Å²) in [5.74, 6) is -0.358. The highest BCUT2D eigenvalue weighted by Gasteiger charge is 2.51. The summed E-state index contributed by atoms with van der Waals surface area (Å²) < 4.78 is 0. The van der Waals surface area contributed by atoms with Crippen molar-refractivity contribution in [3.63, 3.8) is 0 Å². The van der Waals surface area contributed by atoms with E-state index in [-0.39, 0.29) is 11.8 Å². The van der Waals surface area contributed by atoms with Gasteiger partial charge in [-0.05, 0) is 12.5 Å². The van der Waals surface area contributed by atoms with Gasteiger partial charge in [0.05, 0.1) is 0 Å². The van der Waals surface area contributed by atoms with E-state index in [0.717, 1.165) is 5.56 Å². The average molecular weight is 307 g/mol. The maximum atomic E-state index is 12.2. The average Bonchev–Trinajstić information content (AvgIpc) is 2.54. The summed E-state index contributed by atoms with van der Waals surface area (Å²) in [5, 5.41) is 0. The Labute approximate surface area is 122 Å². The molecule has 0 unspecified atom stereocenters. The summed E-state index contributed by atoms with van der Waals surface area (Å²) in [6, 6.07) is 9.78. The molecule has 2 rings (SSSR count). The van der Waals surface area contributed by atoms with Gasteiger partial charge in [0, 0.05) is 19.0 Å². The number of nitrogens with zero attached hydrogens (tertiary/aromatic N) is 1. The van der Waals surface area contributed by atoms with E-state index in [0.29, 0.717) is 13.1 Å². The fraction of sp³-hybridized carbons (Fsp3) is 0.462. The number of alkyl halides is 3. The molecule has 1 saturated heterocycles. The number of hydrogen-bond acceptors (Lipinski definition) is 1. The van der Waals surface area contributed by atoms with Crippen LogP contribution in [0, 0.1) is 5.92 Å². The fourth-order valence-corrected chi connectivity index (χ4v) is 3.32. The summed E-state index contributed by atoms with van der Waals surface area (Å²) in [5.41, 5.74) is 1.07. The van der Waals surface area contributed by atoms with Crippen LogP contribution in [0.3, 0.4) is 0 Å². The monoisotopic (exact) mass is 305 g/mol. The fourth-order valence-electron chi connectivity index (χ4n) is 2.22. The van der Waals surface area contributed by atoms with E-state index in [1.165, 1.54) is 0 Å². The number of halogens is 3. The van der Waals surface area contributed by atoms with Crippen molar-refractivity contribution < 1.29 is 4.79 Å². The lowest BCUT2D eigenvalue weighted by atomic mass is 9.98. The van der Waals surface area contributed by atoms with Crippen LogP contribution in [0.15, 0.2) is 30.3 Å². The quantitative estimate of drug-likeness (QED) is 0.783. The summed E-state index contributed by atoms with van der Waals surface area (Å²) in [4.78, 5) is 12.3. The number of benzene rings is 1. The number of carbonyl (C=O) groups is 1. The molecular weight excluding hydrogens is 293 g/mol. The molecule has 1 aromatic rings. The summed E-state index contributed by atoms with van der Waals surface area (Å²) >= 11 is 18.1. The smallest absolute Gasteiger partial charge is 0.244 e. The predicted octanol–water partition coefficient (Wildman–Crippen LogP) is 3.45. The van der Waals surface area contributed by atoms with Gasteiger partial charge >= 0.3 is 0 Å². The third-order valence-corrected chi connectivity index (χ3v) is 4.39. The van der Waals surface area contributed by atoms with Crippen molar-refractivity contribution in [3.05, 3.63) is 35.9 Å². The molecule has 1 heterocycles. The van der Waals surface area contributed by atoms with Crippen LogP contribution in [0.2, 0.25) is 0 Å². The molecule has 0 saturated carbocycles. The standard InChI is InChI=1S/C13H14Cl3NO/c1-13(16)10(11(14)15)8-17(12(13)18)7-9-5-3-2-4-6-9/h2-6,10-11H,7-8H2,1H3/t10-,13+/m0/s1. The van der Waals surface area contributed by atoms with Gasteiger partial charge in [0.1, 0.15) is 9.71 Å². The molecular formula is C13H14Cl3NO. The zero-order valence-corrected chi connectivity index (χ0v) is 12.2. The van der Waals surface area contributed by atoms with Crippen LogP contribution in [0.4, 0.5) is 0 Å². The maximum Gasteiger partial charge on any atom is 0.244 e. The SMILES string of the molecule is C[C@]1(Cl)C(=O)N(Cc2ccccc2)C[C@H]1C(Cl)Cl. The first-order valence-electron chi connectivity index (χ1n) is 5.73. The summed E-state index contributed by atoms with van der Waals surface area (Å²) in [6.07, 6.45) is 0. The zero-order chi connectivity index (χ0) is 13.3. The number of amides is 1. The van der Waals surface area contributed by atoms with E-state index in [4.69, 9.17) is 34.8 Å². The van der Waals surface area contributed by atoms with Crippen molar-refractivity contribution in [1.82, 2.24) is 4.90 Å². The minimum Gasteiger partial charge on any atom is -0.336 e. The van der Waals surface area contributed by atoms with Crippen LogP contribution in [-0.2, 0) is 11.3 Å². The van der Waals surface area contributed by atoms with Crippen LogP contribution in [-0.4, -0.2) is 27.1 Å². The number of carbonyl (C=O) groups excluding carboxylic acids is 1. The predicted molar refractivity (Wildman–Crippen MR) is 75.1 cm³/mol. The van der Waals surface area contributed by atoms with Gasteiger partial charge in [0.25, 0.3) is 0 Å². The number of rotatable bonds is 3. The molecule has 18 heavy (non-hydrogen) atoms. The molecule has 0 aromatic heterocycles. The van der Waals surface area contributed by atoms with Crippen LogP contribution >= 0.6 is 34.8 Å². The second kappa shape index (κ2) is 5.28. The van der Waals surface area contributed by atoms with Gasteiger partial charge in [-0.1, -0.05) is 30.3 Å². The van der Waals surface area contributed by atoms with Crippen LogP contribution < -0.4 is 0 Å². The Hall–Kier alpha value is -0.440. The van der Waals surface area contributed by atoms with E-state index in [2.05, 4.69) is 0 Å². The van der Waals surface area contributed by atoms with E-state index < -0.39 is 9.71 Å². The van der Waals surface area contributed by atoms with E-state index >= 15 is 0 Å². The minimum atomic E-state index is -1.01. The lowest BCUT2D eigenvalue weighted by Gasteiger charge is -2.21. The third kappa shape index (κ3) is 2.61. The third-order valence-electron chi connectivity index (χ3n) is 3.34. The highest BCUT2D eigenvalue weighted by molar-refractivity contribution is 6.46. The van der Waals surface area contributed by atoms with Crippen LogP contribution in [0.1, 0.15) is 12.5 Å². The van der Waals surface area contributed by atoms with Crippen molar-refractivity contribution in [2.75, 3.05) is 6.54 Å². The zero-order valence-electron chi connectivity index (χ0n) is 9.95. The first-order valence-corrected chi connectivity index (χ1v) is 6.98. The van der Waals surface area contributed by atoms with Crippen molar-refractivity contribution in [1.29, 1.82) is 0 Å². The number of likely N-dealkylation sites (tertiary alicyclic amines) is 1. The van der Waals surface area contributed by atoms with Gasteiger partial charge in [-0.15, -0.1) is 34.8 Å². The largest absolute Gasteiger partial charge is 0.336 e. The van der Waals surface area contributed by atoms with Gasteiger partial charge in [-0.2, -0.15) is 0 Å².